The van der Waals surface area contributed by atoms with Crippen LogP contribution in [0, 0.1) is 0 Å². The van der Waals surface area contributed by atoms with Crippen molar-refractivity contribution in [3.8, 4) is 5.82 Å². The molecule has 206 valence electrons. The largest absolute Gasteiger partial charge is 0.375 e. The summed E-state index contributed by atoms with van der Waals surface area (Å²) in [6, 6.07) is 13.2. The highest BCUT2D eigenvalue weighted by atomic mass is 32.2. The Kier molecular flexibility index (Phi) is 7.41. The number of pyridine rings is 1. The molecule has 1 fully saturated rings. The Labute approximate surface area is 228 Å². The van der Waals surface area contributed by atoms with E-state index < -0.39 is 9.73 Å². The van der Waals surface area contributed by atoms with E-state index in [0.29, 0.717) is 28.6 Å². The predicted molar refractivity (Wildman–Crippen MR) is 155 cm³/mol. The van der Waals surface area contributed by atoms with Crippen molar-refractivity contribution in [1.29, 1.82) is 0 Å². The molecule has 4 aromatic rings. The lowest BCUT2D eigenvalue weighted by Gasteiger charge is -2.34. The van der Waals surface area contributed by atoms with Crippen molar-refractivity contribution in [1.82, 2.24) is 24.3 Å². The van der Waals surface area contributed by atoms with Crippen molar-refractivity contribution in [3.63, 3.8) is 0 Å². The molecule has 0 bridgehead atoms. The first-order chi connectivity index (χ1) is 18.6. The summed E-state index contributed by atoms with van der Waals surface area (Å²) in [7, 11) is -2.41. The number of hydrogen-bond donors (Lipinski definition) is 1. The molecular formula is C27H34N8O3S. The normalized spacial score (nSPS) is 16.2. The average molecular weight is 551 g/mol. The molecule has 0 saturated carbocycles. The molecule has 1 N–H and O–H groups in total. The molecule has 3 aromatic heterocycles. The van der Waals surface area contributed by atoms with Crippen molar-refractivity contribution in [3.05, 3.63) is 59.0 Å². The number of benzene rings is 1. The molecule has 1 saturated heterocycles. The SMILES string of the molecule is CC[C@@H]1CN(c2ccc(Nc3ncc4c(=O)n(C(C)C)n(-c5cccc(N=S(C)(C)=O)n5)c4n3)cc2)CCO1. The van der Waals surface area contributed by atoms with Crippen LogP contribution in [0.25, 0.3) is 16.9 Å². The number of hydrogen-bond acceptors (Lipinski definition) is 9. The molecule has 11 nitrogen and oxygen atoms in total. The maximum absolute atomic E-state index is 13.3. The van der Waals surface area contributed by atoms with Gasteiger partial charge in [0.15, 0.2) is 17.3 Å². The van der Waals surface area contributed by atoms with Gasteiger partial charge in [-0.2, -0.15) is 9.35 Å². The summed E-state index contributed by atoms with van der Waals surface area (Å²) >= 11 is 0. The number of nitrogens with zero attached hydrogens (tertiary/aromatic N) is 7. The Balaban J connectivity index is 1.50. The van der Waals surface area contributed by atoms with Gasteiger partial charge in [-0.1, -0.05) is 13.0 Å². The minimum atomic E-state index is -2.41. The van der Waals surface area contributed by atoms with Gasteiger partial charge in [-0.05, 0) is 56.7 Å². The molecule has 1 aromatic carbocycles. The van der Waals surface area contributed by atoms with Gasteiger partial charge in [0.1, 0.15) is 5.39 Å². The minimum absolute atomic E-state index is 0.174. The van der Waals surface area contributed by atoms with Gasteiger partial charge in [0, 0.05) is 58.9 Å². The van der Waals surface area contributed by atoms with E-state index >= 15 is 0 Å². The fraction of sp³-hybridized carbons (Fsp3) is 0.407. The molecule has 0 unspecified atom stereocenters. The number of rotatable bonds is 7. The van der Waals surface area contributed by atoms with Gasteiger partial charge < -0.3 is 15.0 Å². The molecule has 0 radical (unpaired) electrons. The smallest absolute Gasteiger partial charge is 0.278 e. The molecule has 39 heavy (non-hydrogen) atoms. The van der Waals surface area contributed by atoms with E-state index in [2.05, 4.69) is 43.6 Å². The number of fused-ring (bicyclic) bond motifs is 1. The van der Waals surface area contributed by atoms with Crippen LogP contribution in [0.1, 0.15) is 33.2 Å². The van der Waals surface area contributed by atoms with E-state index in [0.717, 1.165) is 37.5 Å². The van der Waals surface area contributed by atoms with Crippen molar-refractivity contribution in [2.45, 2.75) is 39.3 Å². The third kappa shape index (κ3) is 5.81. The summed E-state index contributed by atoms with van der Waals surface area (Å²) in [5.41, 5.74) is 2.17. The molecule has 0 spiro atoms. The van der Waals surface area contributed by atoms with Crippen LogP contribution in [0.15, 0.2) is 57.8 Å². The molecule has 1 aliphatic heterocycles. The molecule has 12 heteroatoms. The van der Waals surface area contributed by atoms with E-state index in [-0.39, 0.29) is 17.7 Å². The quantitative estimate of drug-likeness (QED) is 0.362. The number of anilines is 3. The van der Waals surface area contributed by atoms with Gasteiger partial charge in [0.2, 0.25) is 5.95 Å². The average Bonchev–Trinajstić information content (AvgIpc) is 3.20. The van der Waals surface area contributed by atoms with Crippen molar-refractivity contribution in [2.75, 3.05) is 42.4 Å². The number of ether oxygens (including phenoxy) is 1. The summed E-state index contributed by atoms with van der Waals surface area (Å²) in [4.78, 5) is 29.4. The first-order valence-electron chi connectivity index (χ1n) is 13.0. The van der Waals surface area contributed by atoms with Crippen molar-refractivity contribution >= 4 is 43.9 Å². The summed E-state index contributed by atoms with van der Waals surface area (Å²) in [6.07, 6.45) is 5.89. The Morgan fingerprint density at radius 3 is 2.62 bits per heavy atom. The van der Waals surface area contributed by atoms with E-state index in [4.69, 9.17) is 9.72 Å². The van der Waals surface area contributed by atoms with Gasteiger partial charge in [-0.3, -0.25) is 4.79 Å². The Morgan fingerprint density at radius 2 is 1.92 bits per heavy atom. The van der Waals surface area contributed by atoms with E-state index in [1.807, 2.05) is 26.0 Å². The van der Waals surface area contributed by atoms with Gasteiger partial charge in [-0.25, -0.2) is 23.5 Å². The summed E-state index contributed by atoms with van der Waals surface area (Å²) in [5, 5.41) is 3.63. The Bertz CT molecular complexity index is 1660. The second kappa shape index (κ2) is 10.8. The van der Waals surface area contributed by atoms with Crippen LogP contribution in [0.5, 0.6) is 0 Å². The highest BCUT2D eigenvalue weighted by Gasteiger charge is 2.21. The van der Waals surface area contributed by atoms with Crippen LogP contribution in [0.3, 0.4) is 0 Å². The third-order valence-electron chi connectivity index (χ3n) is 6.45. The number of morpholine rings is 1. The zero-order valence-corrected chi connectivity index (χ0v) is 23.7. The van der Waals surface area contributed by atoms with Crippen molar-refractivity contribution in [2.24, 2.45) is 4.36 Å². The predicted octanol–water partition coefficient (Wildman–Crippen LogP) is 4.28. The lowest BCUT2D eigenvalue weighted by atomic mass is 10.2. The summed E-state index contributed by atoms with van der Waals surface area (Å²) in [6.45, 7) is 8.45. The highest BCUT2D eigenvalue weighted by molar-refractivity contribution is 7.92. The van der Waals surface area contributed by atoms with Crippen LogP contribution in [-0.2, 0) is 14.5 Å². The Morgan fingerprint density at radius 1 is 1.15 bits per heavy atom. The molecule has 0 aliphatic carbocycles. The lowest BCUT2D eigenvalue weighted by molar-refractivity contribution is 0.0384. The number of aromatic nitrogens is 5. The lowest BCUT2D eigenvalue weighted by Crippen LogP contribution is -2.42. The summed E-state index contributed by atoms with van der Waals surface area (Å²) < 4.78 is 25.5. The van der Waals surface area contributed by atoms with Gasteiger partial charge >= 0.3 is 0 Å². The van der Waals surface area contributed by atoms with E-state index in [1.54, 1.807) is 40.1 Å². The molecule has 4 heterocycles. The maximum atomic E-state index is 13.3. The van der Waals surface area contributed by atoms with Crippen LogP contribution >= 0.6 is 0 Å². The molecule has 1 atom stereocenters. The standard InChI is InChI=1S/C27H34N8O3S/c1-6-21-17-33(14-15-38-21)20-12-10-19(11-13-20)29-27-28-16-22-25(31-27)35(34(18(2)3)26(22)36)24-9-7-8-23(30-24)32-39(4,5)37/h7-13,16,18,21H,6,14-15,17H2,1-5H3,(H,28,29,31)/t21-/m1/s1. The fourth-order valence-corrected chi connectivity index (χ4v) is 5.19. The molecular weight excluding hydrogens is 516 g/mol. The van der Waals surface area contributed by atoms with E-state index in [9.17, 15) is 9.00 Å². The maximum Gasteiger partial charge on any atom is 0.278 e. The fourth-order valence-electron chi connectivity index (χ4n) is 4.64. The number of nitrogens with one attached hydrogen (secondary N) is 1. The monoisotopic (exact) mass is 550 g/mol. The first-order valence-corrected chi connectivity index (χ1v) is 15.3. The minimum Gasteiger partial charge on any atom is -0.375 e. The Hall–Kier alpha value is -3.77. The summed E-state index contributed by atoms with van der Waals surface area (Å²) in [5.74, 6) is 1.13. The van der Waals surface area contributed by atoms with Gasteiger partial charge in [0.25, 0.3) is 5.56 Å². The van der Waals surface area contributed by atoms with Crippen LogP contribution in [0.2, 0.25) is 0 Å². The zero-order valence-electron chi connectivity index (χ0n) is 22.9. The highest BCUT2D eigenvalue weighted by Crippen LogP contribution is 2.24. The third-order valence-corrected chi connectivity index (χ3v) is 7.07. The molecule has 5 rings (SSSR count). The van der Waals surface area contributed by atoms with E-state index in [1.165, 1.54) is 6.20 Å². The van der Waals surface area contributed by atoms with Gasteiger partial charge in [0.05, 0.1) is 12.7 Å². The molecule has 0 amide bonds. The second-order valence-corrected chi connectivity index (χ2v) is 12.7. The zero-order chi connectivity index (χ0) is 27.7. The van der Waals surface area contributed by atoms with Crippen LogP contribution < -0.4 is 15.8 Å². The van der Waals surface area contributed by atoms with Gasteiger partial charge in [-0.15, -0.1) is 0 Å². The van der Waals surface area contributed by atoms with Crippen LogP contribution in [-0.4, -0.2) is 66.8 Å². The topological polar surface area (TPSA) is 120 Å². The van der Waals surface area contributed by atoms with Crippen LogP contribution in [0.4, 0.5) is 23.1 Å². The van der Waals surface area contributed by atoms with Crippen molar-refractivity contribution < 1.29 is 8.95 Å². The second-order valence-electron chi connectivity index (χ2n) is 10.1. The first kappa shape index (κ1) is 26.8. The molecule has 1 aliphatic rings.